The summed E-state index contributed by atoms with van der Waals surface area (Å²) in [6.45, 7) is 4.29. The van der Waals surface area contributed by atoms with Gasteiger partial charge in [0.05, 0.1) is 14.2 Å². The van der Waals surface area contributed by atoms with Crippen LogP contribution in [0.5, 0.6) is 11.5 Å². The number of hydrogen-bond acceptors (Lipinski definition) is 7. The van der Waals surface area contributed by atoms with Crippen LogP contribution in [0.2, 0.25) is 5.02 Å². The molecule has 0 saturated carbocycles. The number of carbonyl (C=O) groups excluding carboxylic acids is 1. The molecule has 2 aromatic carbocycles. The van der Waals surface area contributed by atoms with E-state index in [2.05, 4.69) is 4.98 Å². The Hall–Kier alpha value is -3.03. The first kappa shape index (κ1) is 23.6. The molecule has 0 bridgehead atoms. The predicted molar refractivity (Wildman–Crippen MR) is 120 cm³/mol. The summed E-state index contributed by atoms with van der Waals surface area (Å²) in [7, 11) is 2.90. The molecule has 3 rings (SSSR count). The lowest BCUT2D eigenvalue weighted by molar-refractivity contribution is -0.153. The number of nitrogens with zero attached hydrogens (tertiary/aromatic N) is 1. The van der Waals surface area contributed by atoms with E-state index >= 15 is 0 Å². The molecule has 0 spiro atoms. The van der Waals surface area contributed by atoms with E-state index in [9.17, 15) is 4.79 Å². The number of esters is 1. The quantitative estimate of drug-likeness (QED) is 0.394. The Bertz CT molecular complexity index is 1060. The molecular weight excluding hydrogens is 434 g/mol. The zero-order valence-corrected chi connectivity index (χ0v) is 19.3. The van der Waals surface area contributed by atoms with Crippen molar-refractivity contribution in [2.24, 2.45) is 0 Å². The average molecular weight is 460 g/mol. The fourth-order valence-electron chi connectivity index (χ4n) is 3.18. The van der Waals surface area contributed by atoms with Crippen molar-refractivity contribution in [3.8, 4) is 23.0 Å². The Morgan fingerprint density at radius 2 is 2.00 bits per heavy atom. The van der Waals surface area contributed by atoms with Crippen LogP contribution >= 0.6 is 11.6 Å². The predicted octanol–water partition coefficient (Wildman–Crippen LogP) is 5.01. The van der Waals surface area contributed by atoms with Crippen molar-refractivity contribution in [2.75, 3.05) is 20.8 Å². The second-order valence-electron chi connectivity index (χ2n) is 6.97. The van der Waals surface area contributed by atoms with Crippen molar-refractivity contribution in [3.05, 3.63) is 64.5 Å². The fourth-order valence-corrected chi connectivity index (χ4v) is 3.37. The zero-order chi connectivity index (χ0) is 23.1. The summed E-state index contributed by atoms with van der Waals surface area (Å²) in [5.74, 6) is 1.92. The molecule has 170 valence electrons. The normalized spacial score (nSPS) is 11.8. The van der Waals surface area contributed by atoms with Gasteiger partial charge in [0.25, 0.3) is 0 Å². The maximum Gasteiger partial charge on any atom is 0.335 e. The lowest BCUT2D eigenvalue weighted by atomic mass is 10.1. The molecule has 0 saturated heterocycles. The Morgan fingerprint density at radius 1 is 1.19 bits per heavy atom. The van der Waals surface area contributed by atoms with Gasteiger partial charge in [0, 0.05) is 29.7 Å². The second kappa shape index (κ2) is 11.0. The van der Waals surface area contributed by atoms with E-state index < -0.39 is 12.1 Å². The average Bonchev–Trinajstić information content (AvgIpc) is 3.18. The molecule has 8 heteroatoms. The van der Waals surface area contributed by atoms with Gasteiger partial charge >= 0.3 is 5.97 Å². The van der Waals surface area contributed by atoms with Crippen LogP contribution in [0.4, 0.5) is 0 Å². The molecule has 0 N–H and O–H groups in total. The summed E-state index contributed by atoms with van der Waals surface area (Å²) in [6, 6.07) is 12.7. The molecule has 7 nitrogen and oxygen atoms in total. The highest BCUT2D eigenvalue weighted by Gasteiger charge is 2.22. The summed E-state index contributed by atoms with van der Waals surface area (Å²) in [6.07, 6.45) is -0.372. The number of benzene rings is 2. The smallest absolute Gasteiger partial charge is 0.335 e. The van der Waals surface area contributed by atoms with Gasteiger partial charge in [0.15, 0.2) is 6.10 Å². The maximum atomic E-state index is 12.0. The third kappa shape index (κ3) is 5.81. The number of rotatable bonds is 10. The molecule has 1 atom stereocenters. The van der Waals surface area contributed by atoms with Crippen LogP contribution in [0, 0.1) is 6.92 Å². The number of aryl methyl sites for hydroxylation is 1. The Labute approximate surface area is 192 Å². The van der Waals surface area contributed by atoms with E-state index in [0.29, 0.717) is 46.9 Å². The van der Waals surface area contributed by atoms with Crippen LogP contribution < -0.4 is 9.47 Å². The number of halogens is 1. The summed E-state index contributed by atoms with van der Waals surface area (Å²) < 4.78 is 27.5. The minimum absolute atomic E-state index is 0.224. The number of aromatic nitrogens is 1. The standard InChI is InChI=1S/C24H26ClNO6/c1-5-30-22(24(27)29-4)12-16-9-10-19(13-21(16)28-3)31-14-20-15(2)32-23(26-20)17-7-6-8-18(25)11-17/h6-11,13,22H,5,12,14H2,1-4H3. The van der Waals surface area contributed by atoms with Crippen molar-refractivity contribution < 1.29 is 28.2 Å². The van der Waals surface area contributed by atoms with Crippen molar-refractivity contribution in [2.45, 2.75) is 33.0 Å². The monoisotopic (exact) mass is 459 g/mol. The van der Waals surface area contributed by atoms with E-state index in [1.807, 2.05) is 38.1 Å². The van der Waals surface area contributed by atoms with Gasteiger partial charge in [-0.3, -0.25) is 0 Å². The van der Waals surface area contributed by atoms with Crippen LogP contribution in [0.3, 0.4) is 0 Å². The van der Waals surface area contributed by atoms with Gasteiger partial charge in [-0.2, -0.15) is 0 Å². The highest BCUT2D eigenvalue weighted by Crippen LogP contribution is 2.28. The summed E-state index contributed by atoms with van der Waals surface area (Å²) >= 11 is 6.06. The van der Waals surface area contributed by atoms with Gasteiger partial charge in [0.1, 0.15) is 29.6 Å². The van der Waals surface area contributed by atoms with Gasteiger partial charge < -0.3 is 23.4 Å². The van der Waals surface area contributed by atoms with E-state index in [1.54, 1.807) is 25.3 Å². The largest absolute Gasteiger partial charge is 0.496 e. The van der Waals surface area contributed by atoms with Crippen LogP contribution in [-0.2, 0) is 27.3 Å². The molecule has 1 heterocycles. The lowest BCUT2D eigenvalue weighted by Gasteiger charge is -2.17. The highest BCUT2D eigenvalue weighted by atomic mass is 35.5. The summed E-state index contributed by atoms with van der Waals surface area (Å²) in [4.78, 5) is 16.5. The Balaban J connectivity index is 1.71. The van der Waals surface area contributed by atoms with Crippen molar-refractivity contribution in [1.82, 2.24) is 4.98 Å². The van der Waals surface area contributed by atoms with E-state index in [1.165, 1.54) is 7.11 Å². The maximum absolute atomic E-state index is 12.0. The molecule has 3 aromatic rings. The highest BCUT2D eigenvalue weighted by molar-refractivity contribution is 6.30. The summed E-state index contributed by atoms with van der Waals surface area (Å²) in [5, 5.41) is 0.613. The SMILES string of the molecule is CCOC(Cc1ccc(OCc2nc(-c3cccc(Cl)c3)oc2C)cc1OC)C(=O)OC. The molecule has 0 radical (unpaired) electrons. The lowest BCUT2D eigenvalue weighted by Crippen LogP contribution is -2.28. The molecule has 0 fully saturated rings. The van der Waals surface area contributed by atoms with Crippen LogP contribution in [0.15, 0.2) is 46.9 Å². The molecular formula is C24H26ClNO6. The van der Waals surface area contributed by atoms with Gasteiger partial charge in [-0.05, 0) is 43.7 Å². The summed E-state index contributed by atoms with van der Waals surface area (Å²) in [5.41, 5.74) is 2.29. The van der Waals surface area contributed by atoms with Crippen molar-refractivity contribution in [1.29, 1.82) is 0 Å². The van der Waals surface area contributed by atoms with Crippen LogP contribution in [-0.4, -0.2) is 37.9 Å². The topological polar surface area (TPSA) is 80.0 Å². The van der Waals surface area contributed by atoms with Gasteiger partial charge in [-0.1, -0.05) is 23.7 Å². The van der Waals surface area contributed by atoms with E-state index in [-0.39, 0.29) is 6.61 Å². The van der Waals surface area contributed by atoms with Crippen LogP contribution in [0.1, 0.15) is 23.9 Å². The molecule has 1 aromatic heterocycles. The molecule has 32 heavy (non-hydrogen) atoms. The Morgan fingerprint density at radius 3 is 2.69 bits per heavy atom. The number of oxazole rings is 1. The molecule has 0 aliphatic carbocycles. The molecule has 0 amide bonds. The first-order chi connectivity index (χ1) is 15.4. The van der Waals surface area contributed by atoms with Gasteiger partial charge in [-0.25, -0.2) is 9.78 Å². The van der Waals surface area contributed by atoms with Gasteiger partial charge in [0.2, 0.25) is 5.89 Å². The number of carbonyl (C=O) groups is 1. The fraction of sp³-hybridized carbons (Fsp3) is 0.333. The van der Waals surface area contributed by atoms with E-state index in [4.69, 9.17) is 35.0 Å². The zero-order valence-electron chi connectivity index (χ0n) is 18.5. The first-order valence-corrected chi connectivity index (χ1v) is 10.5. The number of hydrogen-bond donors (Lipinski definition) is 0. The minimum Gasteiger partial charge on any atom is -0.496 e. The second-order valence-corrected chi connectivity index (χ2v) is 7.40. The molecule has 0 aliphatic rings. The molecule has 1 unspecified atom stereocenters. The first-order valence-electron chi connectivity index (χ1n) is 10.2. The minimum atomic E-state index is -0.701. The third-order valence-electron chi connectivity index (χ3n) is 4.84. The van der Waals surface area contributed by atoms with Crippen LogP contribution in [0.25, 0.3) is 11.5 Å². The van der Waals surface area contributed by atoms with Gasteiger partial charge in [-0.15, -0.1) is 0 Å². The number of ether oxygens (including phenoxy) is 4. The number of methoxy groups -OCH3 is 2. The Kier molecular flexibility index (Phi) is 8.14. The molecule has 0 aliphatic heterocycles. The van der Waals surface area contributed by atoms with Crippen molar-refractivity contribution in [3.63, 3.8) is 0 Å². The van der Waals surface area contributed by atoms with Crippen molar-refractivity contribution >= 4 is 17.6 Å². The third-order valence-corrected chi connectivity index (χ3v) is 5.07. The van der Waals surface area contributed by atoms with E-state index in [0.717, 1.165) is 11.1 Å².